The first-order valence-corrected chi connectivity index (χ1v) is 6.81. The summed E-state index contributed by atoms with van der Waals surface area (Å²) in [5.41, 5.74) is 0.964. The summed E-state index contributed by atoms with van der Waals surface area (Å²) in [6.45, 7) is 5.37. The third kappa shape index (κ3) is 2.96. The first kappa shape index (κ1) is 13.2. The zero-order valence-corrected chi connectivity index (χ0v) is 11.4. The molecule has 0 bridgehead atoms. The molecular weight excluding hydrogens is 226 g/mol. The van der Waals surface area contributed by atoms with Crippen LogP contribution in [-0.2, 0) is 6.54 Å². The molecule has 1 N–H and O–H groups in total. The minimum atomic E-state index is 0.291. The molecule has 1 unspecified atom stereocenters. The molecule has 3 nitrogen and oxygen atoms in total. The lowest BCUT2D eigenvalue weighted by Gasteiger charge is -2.17. The summed E-state index contributed by atoms with van der Waals surface area (Å²) in [4.78, 5) is 2.43. The largest absolute Gasteiger partial charge is 0.504 e. The lowest BCUT2D eigenvalue weighted by atomic mass is 10.0. The molecule has 18 heavy (non-hydrogen) atoms. The Balaban J connectivity index is 1.98. The van der Waals surface area contributed by atoms with Gasteiger partial charge < -0.3 is 9.84 Å². The molecule has 0 aliphatic carbocycles. The van der Waals surface area contributed by atoms with E-state index in [-0.39, 0.29) is 0 Å². The van der Waals surface area contributed by atoms with Crippen LogP contribution < -0.4 is 4.74 Å². The van der Waals surface area contributed by atoms with Gasteiger partial charge in [0.15, 0.2) is 11.5 Å². The molecule has 1 atom stereocenters. The van der Waals surface area contributed by atoms with E-state index in [4.69, 9.17) is 4.74 Å². The SMILES string of the molecule is CCCC1CCN(Cc2cccc(OC)c2O)C1. The number of aromatic hydroxyl groups is 1. The fourth-order valence-electron chi connectivity index (χ4n) is 2.80. The van der Waals surface area contributed by atoms with Gasteiger partial charge in [0, 0.05) is 18.7 Å². The van der Waals surface area contributed by atoms with Crippen molar-refractivity contribution in [2.24, 2.45) is 5.92 Å². The van der Waals surface area contributed by atoms with Gasteiger partial charge >= 0.3 is 0 Å². The monoisotopic (exact) mass is 249 g/mol. The molecule has 1 aliphatic rings. The van der Waals surface area contributed by atoms with E-state index >= 15 is 0 Å². The van der Waals surface area contributed by atoms with Gasteiger partial charge in [-0.05, 0) is 31.4 Å². The van der Waals surface area contributed by atoms with E-state index in [0.29, 0.717) is 11.5 Å². The number of nitrogens with zero attached hydrogens (tertiary/aromatic N) is 1. The molecule has 1 aromatic rings. The van der Waals surface area contributed by atoms with E-state index in [9.17, 15) is 5.11 Å². The van der Waals surface area contributed by atoms with Gasteiger partial charge in [0.1, 0.15) is 0 Å². The van der Waals surface area contributed by atoms with Crippen molar-refractivity contribution >= 4 is 0 Å². The molecule has 1 aromatic carbocycles. The van der Waals surface area contributed by atoms with E-state index < -0.39 is 0 Å². The second-order valence-corrected chi connectivity index (χ2v) is 5.15. The molecule has 1 aliphatic heterocycles. The third-order valence-corrected chi connectivity index (χ3v) is 3.76. The predicted molar refractivity (Wildman–Crippen MR) is 73.0 cm³/mol. The smallest absolute Gasteiger partial charge is 0.162 e. The van der Waals surface area contributed by atoms with Crippen LogP contribution in [0.3, 0.4) is 0 Å². The molecule has 1 heterocycles. The van der Waals surface area contributed by atoms with E-state index in [1.54, 1.807) is 13.2 Å². The lowest BCUT2D eigenvalue weighted by molar-refractivity contribution is 0.303. The number of phenols is 1. The Morgan fingerprint density at radius 2 is 2.28 bits per heavy atom. The number of ether oxygens (including phenoxy) is 1. The molecule has 1 fully saturated rings. The summed E-state index contributed by atoms with van der Waals surface area (Å²) < 4.78 is 5.14. The van der Waals surface area contributed by atoms with Crippen LogP contribution in [0.15, 0.2) is 18.2 Å². The van der Waals surface area contributed by atoms with Crippen molar-refractivity contribution in [1.29, 1.82) is 0 Å². The molecule has 0 amide bonds. The van der Waals surface area contributed by atoms with Gasteiger partial charge in [0.05, 0.1) is 7.11 Å². The third-order valence-electron chi connectivity index (χ3n) is 3.76. The highest BCUT2D eigenvalue weighted by Crippen LogP contribution is 2.31. The molecule has 100 valence electrons. The van der Waals surface area contributed by atoms with Crippen molar-refractivity contribution in [2.75, 3.05) is 20.2 Å². The fourth-order valence-corrected chi connectivity index (χ4v) is 2.80. The van der Waals surface area contributed by atoms with E-state index in [1.807, 2.05) is 12.1 Å². The second-order valence-electron chi connectivity index (χ2n) is 5.15. The van der Waals surface area contributed by atoms with Crippen molar-refractivity contribution in [3.63, 3.8) is 0 Å². The first-order valence-electron chi connectivity index (χ1n) is 6.81. The van der Waals surface area contributed by atoms with Crippen molar-refractivity contribution in [3.05, 3.63) is 23.8 Å². The standard InChI is InChI=1S/C15H23NO2/c1-3-5-12-8-9-16(10-12)11-13-6-4-7-14(18-2)15(13)17/h4,6-7,12,17H,3,5,8-11H2,1-2H3. The van der Waals surface area contributed by atoms with Crippen LogP contribution >= 0.6 is 0 Å². The summed E-state index contributed by atoms with van der Waals surface area (Å²) in [5, 5.41) is 10.1. The molecular formula is C15H23NO2. The number of para-hydroxylation sites is 1. The van der Waals surface area contributed by atoms with Crippen LogP contribution in [0.1, 0.15) is 31.7 Å². The van der Waals surface area contributed by atoms with E-state index in [2.05, 4.69) is 11.8 Å². The van der Waals surface area contributed by atoms with E-state index in [0.717, 1.165) is 31.1 Å². The summed E-state index contributed by atoms with van der Waals surface area (Å²) in [7, 11) is 1.59. The highest BCUT2D eigenvalue weighted by atomic mass is 16.5. The van der Waals surface area contributed by atoms with Crippen LogP contribution in [0.5, 0.6) is 11.5 Å². The number of methoxy groups -OCH3 is 1. The topological polar surface area (TPSA) is 32.7 Å². The second kappa shape index (κ2) is 6.10. The first-order chi connectivity index (χ1) is 8.74. The van der Waals surface area contributed by atoms with Crippen LogP contribution in [0.25, 0.3) is 0 Å². The molecule has 3 heteroatoms. The van der Waals surface area contributed by atoms with Crippen LogP contribution in [-0.4, -0.2) is 30.2 Å². The average molecular weight is 249 g/mol. The van der Waals surface area contributed by atoms with Gasteiger partial charge in [-0.1, -0.05) is 25.5 Å². The number of hydrogen-bond acceptors (Lipinski definition) is 3. The Bertz CT molecular complexity index is 392. The number of hydrogen-bond donors (Lipinski definition) is 1. The zero-order chi connectivity index (χ0) is 13.0. The Morgan fingerprint density at radius 3 is 3.00 bits per heavy atom. The normalized spacial score (nSPS) is 20.2. The summed E-state index contributed by atoms with van der Waals surface area (Å²) in [6.07, 6.45) is 3.88. The van der Waals surface area contributed by atoms with Crippen LogP contribution in [0.2, 0.25) is 0 Å². The van der Waals surface area contributed by atoms with Crippen molar-refractivity contribution < 1.29 is 9.84 Å². The summed E-state index contributed by atoms with van der Waals surface area (Å²) in [5.74, 6) is 1.69. The van der Waals surface area contributed by atoms with Gasteiger partial charge in [-0.25, -0.2) is 0 Å². The Morgan fingerprint density at radius 1 is 1.44 bits per heavy atom. The number of phenolic OH excluding ortho intramolecular Hbond substituents is 1. The maximum atomic E-state index is 10.1. The van der Waals surface area contributed by atoms with Gasteiger partial charge in [0.2, 0.25) is 0 Å². The zero-order valence-electron chi connectivity index (χ0n) is 11.4. The highest BCUT2D eigenvalue weighted by Gasteiger charge is 2.22. The number of rotatable bonds is 5. The van der Waals surface area contributed by atoms with Gasteiger partial charge in [0.25, 0.3) is 0 Å². The van der Waals surface area contributed by atoms with Gasteiger partial charge in [-0.3, -0.25) is 4.90 Å². The number of benzene rings is 1. The van der Waals surface area contributed by atoms with Crippen molar-refractivity contribution in [1.82, 2.24) is 4.90 Å². The summed E-state index contributed by atoms with van der Waals surface area (Å²) >= 11 is 0. The van der Waals surface area contributed by atoms with Crippen molar-refractivity contribution in [2.45, 2.75) is 32.7 Å². The Kier molecular flexibility index (Phi) is 4.48. The quantitative estimate of drug-likeness (QED) is 0.870. The average Bonchev–Trinajstić information content (AvgIpc) is 2.80. The van der Waals surface area contributed by atoms with E-state index in [1.165, 1.54) is 19.3 Å². The molecule has 0 aromatic heterocycles. The maximum Gasteiger partial charge on any atom is 0.162 e. The number of likely N-dealkylation sites (tertiary alicyclic amines) is 1. The van der Waals surface area contributed by atoms with Crippen molar-refractivity contribution in [3.8, 4) is 11.5 Å². The van der Waals surface area contributed by atoms with Gasteiger partial charge in [-0.15, -0.1) is 0 Å². The molecule has 0 saturated carbocycles. The summed E-state index contributed by atoms with van der Waals surface area (Å²) in [6, 6.07) is 5.71. The maximum absolute atomic E-state index is 10.1. The minimum absolute atomic E-state index is 0.291. The molecule has 0 spiro atoms. The Labute approximate surface area is 109 Å². The highest BCUT2D eigenvalue weighted by molar-refractivity contribution is 5.45. The molecule has 1 saturated heterocycles. The Hall–Kier alpha value is -1.22. The minimum Gasteiger partial charge on any atom is -0.504 e. The molecule has 0 radical (unpaired) electrons. The predicted octanol–water partition coefficient (Wildman–Crippen LogP) is 3.02. The van der Waals surface area contributed by atoms with Crippen LogP contribution in [0, 0.1) is 5.92 Å². The molecule has 2 rings (SSSR count). The fraction of sp³-hybridized carbons (Fsp3) is 0.600. The van der Waals surface area contributed by atoms with Gasteiger partial charge in [-0.2, -0.15) is 0 Å². The van der Waals surface area contributed by atoms with Crippen LogP contribution in [0.4, 0.5) is 0 Å². The lowest BCUT2D eigenvalue weighted by Crippen LogP contribution is -2.20.